The second-order valence-electron chi connectivity index (χ2n) is 12.7. The summed E-state index contributed by atoms with van der Waals surface area (Å²) in [6.45, 7) is 5.73. The first-order valence-electron chi connectivity index (χ1n) is 17.1. The highest BCUT2D eigenvalue weighted by molar-refractivity contribution is 5.88. The van der Waals surface area contributed by atoms with E-state index in [-0.39, 0.29) is 17.9 Å². The molecule has 6 aromatic rings. The molecule has 242 valence electrons. The molecule has 5 heteroatoms. The van der Waals surface area contributed by atoms with Crippen LogP contribution in [0.2, 0.25) is 0 Å². The van der Waals surface area contributed by atoms with Crippen molar-refractivity contribution in [2.75, 3.05) is 26.2 Å². The van der Waals surface area contributed by atoms with Crippen LogP contribution in [0.4, 0.5) is 0 Å². The van der Waals surface area contributed by atoms with Gasteiger partial charge in [0.15, 0.2) is 0 Å². The van der Waals surface area contributed by atoms with Gasteiger partial charge in [0.2, 0.25) is 5.91 Å². The number of carbonyl (C=O) groups is 1. The van der Waals surface area contributed by atoms with Crippen LogP contribution in [0.15, 0.2) is 140 Å². The Balaban J connectivity index is 1.13. The molecule has 0 aliphatic carbocycles. The van der Waals surface area contributed by atoms with Gasteiger partial charge in [0, 0.05) is 55.6 Å². The van der Waals surface area contributed by atoms with Crippen molar-refractivity contribution in [3.8, 4) is 5.75 Å². The van der Waals surface area contributed by atoms with Crippen LogP contribution < -0.4 is 4.74 Å². The number of hydrogen-bond acceptors (Lipinski definition) is 3. The molecule has 1 saturated heterocycles. The van der Waals surface area contributed by atoms with Gasteiger partial charge < -0.3 is 14.6 Å². The van der Waals surface area contributed by atoms with E-state index in [4.69, 9.17) is 4.74 Å². The van der Waals surface area contributed by atoms with Crippen LogP contribution >= 0.6 is 0 Å². The predicted molar refractivity (Wildman–Crippen MR) is 194 cm³/mol. The van der Waals surface area contributed by atoms with Gasteiger partial charge in [-0.15, -0.1) is 0 Å². The number of hydrogen-bond donors (Lipinski definition) is 1. The molecular weight excluding hydrogens is 590 g/mol. The van der Waals surface area contributed by atoms with Crippen molar-refractivity contribution in [2.45, 2.75) is 38.3 Å². The van der Waals surface area contributed by atoms with E-state index in [1.54, 1.807) is 0 Å². The van der Waals surface area contributed by atoms with Gasteiger partial charge in [-0.3, -0.25) is 9.69 Å². The number of H-pyrrole nitrogens is 1. The second kappa shape index (κ2) is 14.7. The van der Waals surface area contributed by atoms with E-state index in [9.17, 15) is 4.79 Å². The molecule has 1 aliphatic heterocycles. The van der Waals surface area contributed by atoms with Gasteiger partial charge in [-0.05, 0) is 51.9 Å². The number of piperazine rings is 1. The Kier molecular flexibility index (Phi) is 9.67. The van der Waals surface area contributed by atoms with Crippen LogP contribution in [0.1, 0.15) is 58.7 Å². The zero-order valence-corrected chi connectivity index (χ0v) is 27.6. The predicted octanol–water partition coefficient (Wildman–Crippen LogP) is 8.77. The van der Waals surface area contributed by atoms with Crippen LogP contribution in [0.25, 0.3) is 10.9 Å². The first-order valence-corrected chi connectivity index (χ1v) is 17.1. The molecule has 0 saturated carbocycles. The summed E-state index contributed by atoms with van der Waals surface area (Å²) in [6.07, 6.45) is 3.45. The number of aryl methyl sites for hydroxylation is 1. The summed E-state index contributed by atoms with van der Waals surface area (Å²) < 4.78 is 6.24. The van der Waals surface area contributed by atoms with E-state index in [0.29, 0.717) is 26.1 Å². The molecule has 1 aliphatic rings. The lowest BCUT2D eigenvalue weighted by atomic mass is 9.87. The van der Waals surface area contributed by atoms with Crippen LogP contribution in [0.5, 0.6) is 5.75 Å². The van der Waals surface area contributed by atoms with Gasteiger partial charge in [-0.2, -0.15) is 0 Å². The number of para-hydroxylation sites is 1. The van der Waals surface area contributed by atoms with E-state index in [0.717, 1.165) is 47.5 Å². The number of ether oxygens (including phenoxy) is 1. The molecular formula is C43H43N3O2. The first-order chi connectivity index (χ1) is 23.7. The van der Waals surface area contributed by atoms with Gasteiger partial charge in [-0.25, -0.2) is 0 Å². The van der Waals surface area contributed by atoms with Crippen molar-refractivity contribution in [3.05, 3.63) is 173 Å². The highest BCUT2D eigenvalue weighted by Gasteiger charge is 2.30. The Hall–Kier alpha value is -5.13. The Morgan fingerprint density at radius 2 is 1.35 bits per heavy atom. The minimum absolute atomic E-state index is 0.113. The van der Waals surface area contributed by atoms with Gasteiger partial charge in [0.05, 0.1) is 6.04 Å². The molecule has 0 bridgehead atoms. The van der Waals surface area contributed by atoms with Crippen LogP contribution in [0.3, 0.4) is 0 Å². The molecule has 48 heavy (non-hydrogen) atoms. The Bertz CT molecular complexity index is 1890. The highest BCUT2D eigenvalue weighted by Crippen LogP contribution is 2.37. The smallest absolute Gasteiger partial charge is 0.223 e. The number of aromatic nitrogens is 1. The SMILES string of the molecule is CCc1cccc2c(C(CC(=O)N3CCN(C(c4ccccc4)c4ccccc4)CC3)c3cccc(OCc4ccccc4)c3)c[nH]c12. The standard InChI is InChI=1S/C43H43N3O2/c1-2-33-20-13-23-38-40(30-44-42(33)38)39(36-21-12-22-37(28-36)48-31-32-14-6-3-7-15-32)29-41(47)45-24-26-46(27-25-45)43(34-16-8-4-9-17-34)35-18-10-5-11-19-35/h3-23,28,30,39,43-44H,2,24-27,29,31H2,1H3. The largest absolute Gasteiger partial charge is 0.489 e. The summed E-state index contributed by atoms with van der Waals surface area (Å²) in [4.78, 5) is 22.4. The quantitative estimate of drug-likeness (QED) is 0.155. The van der Waals surface area contributed by atoms with Crippen LogP contribution in [-0.2, 0) is 17.8 Å². The van der Waals surface area contributed by atoms with Gasteiger partial charge in [0.25, 0.3) is 0 Å². The average Bonchev–Trinajstić information content (AvgIpc) is 3.59. The van der Waals surface area contributed by atoms with Crippen LogP contribution in [0, 0.1) is 0 Å². The maximum absolute atomic E-state index is 14.2. The van der Waals surface area contributed by atoms with Crippen molar-refractivity contribution < 1.29 is 9.53 Å². The molecule has 7 rings (SSSR count). The first kappa shape index (κ1) is 31.5. The normalized spacial score (nSPS) is 14.3. The van der Waals surface area contributed by atoms with E-state index in [2.05, 4.69) is 131 Å². The Morgan fingerprint density at radius 3 is 2.02 bits per heavy atom. The summed E-state index contributed by atoms with van der Waals surface area (Å²) >= 11 is 0. The summed E-state index contributed by atoms with van der Waals surface area (Å²) in [5.74, 6) is 0.884. The van der Waals surface area contributed by atoms with Gasteiger partial charge in [0.1, 0.15) is 12.4 Å². The van der Waals surface area contributed by atoms with Crippen LogP contribution in [-0.4, -0.2) is 46.9 Å². The number of benzene rings is 5. The summed E-state index contributed by atoms with van der Waals surface area (Å²) in [5.41, 5.74) is 8.37. The summed E-state index contributed by atoms with van der Waals surface area (Å²) in [6, 6.07) is 46.6. The number of amides is 1. The molecule has 5 nitrogen and oxygen atoms in total. The van der Waals surface area contributed by atoms with E-state index in [1.165, 1.54) is 22.1 Å². The third-order valence-electron chi connectivity index (χ3n) is 9.74. The molecule has 1 N–H and O–H groups in total. The highest BCUT2D eigenvalue weighted by atomic mass is 16.5. The third-order valence-corrected chi connectivity index (χ3v) is 9.74. The summed E-state index contributed by atoms with van der Waals surface area (Å²) in [5, 5.41) is 1.18. The van der Waals surface area contributed by atoms with Crippen molar-refractivity contribution in [1.29, 1.82) is 0 Å². The molecule has 1 amide bonds. The second-order valence-corrected chi connectivity index (χ2v) is 12.7. The topological polar surface area (TPSA) is 48.6 Å². The summed E-state index contributed by atoms with van der Waals surface area (Å²) in [7, 11) is 0. The lowest BCUT2D eigenvalue weighted by Gasteiger charge is -2.40. The zero-order valence-electron chi connectivity index (χ0n) is 27.6. The maximum atomic E-state index is 14.2. The molecule has 1 fully saturated rings. The van der Waals surface area contributed by atoms with Crippen molar-refractivity contribution >= 4 is 16.8 Å². The Labute approximate surface area is 283 Å². The minimum atomic E-state index is -0.113. The maximum Gasteiger partial charge on any atom is 0.223 e. The van der Waals surface area contributed by atoms with E-state index < -0.39 is 0 Å². The molecule has 0 radical (unpaired) electrons. The van der Waals surface area contributed by atoms with Crippen molar-refractivity contribution in [2.24, 2.45) is 0 Å². The molecule has 0 spiro atoms. The number of carbonyl (C=O) groups excluding carboxylic acids is 1. The fourth-order valence-corrected chi connectivity index (χ4v) is 7.21. The van der Waals surface area contributed by atoms with Gasteiger partial charge >= 0.3 is 0 Å². The Morgan fingerprint density at radius 1 is 0.729 bits per heavy atom. The monoisotopic (exact) mass is 633 g/mol. The zero-order chi connectivity index (χ0) is 32.7. The van der Waals surface area contributed by atoms with E-state index >= 15 is 0 Å². The molecule has 2 heterocycles. The fourth-order valence-electron chi connectivity index (χ4n) is 7.21. The van der Waals surface area contributed by atoms with E-state index in [1.807, 2.05) is 30.3 Å². The molecule has 1 aromatic heterocycles. The molecule has 5 aromatic carbocycles. The minimum Gasteiger partial charge on any atom is -0.489 e. The third kappa shape index (κ3) is 6.92. The van der Waals surface area contributed by atoms with Gasteiger partial charge in [-0.1, -0.05) is 128 Å². The lowest BCUT2D eigenvalue weighted by molar-refractivity contribution is -0.133. The van der Waals surface area contributed by atoms with Crippen molar-refractivity contribution in [3.63, 3.8) is 0 Å². The van der Waals surface area contributed by atoms with Crippen molar-refractivity contribution in [1.82, 2.24) is 14.8 Å². The number of nitrogens with one attached hydrogen (secondary N) is 1. The average molecular weight is 634 g/mol. The lowest BCUT2D eigenvalue weighted by Crippen LogP contribution is -2.50. The number of aromatic amines is 1. The number of rotatable bonds is 11. The number of fused-ring (bicyclic) bond motifs is 1. The fraction of sp³-hybridized carbons (Fsp3) is 0.233. The molecule has 1 unspecified atom stereocenters. The number of nitrogens with zero attached hydrogens (tertiary/aromatic N) is 2. The molecule has 1 atom stereocenters.